The molecule has 0 bridgehead atoms. The number of carbonyl (C=O) groups excluding carboxylic acids is 1. The number of aryl methyl sites for hydroxylation is 1. The number of hydrogen-bond acceptors (Lipinski definition) is 3. The van der Waals surface area contributed by atoms with Gasteiger partial charge >= 0.3 is 0 Å². The van der Waals surface area contributed by atoms with E-state index in [0.29, 0.717) is 24.5 Å². The average molecular weight is 269 g/mol. The maximum Gasteiger partial charge on any atom is 0.232 e. The molecular formula is C16H19N3O. The summed E-state index contributed by atoms with van der Waals surface area (Å²) < 4.78 is 0. The van der Waals surface area contributed by atoms with Crippen LogP contribution in [0.25, 0.3) is 0 Å². The van der Waals surface area contributed by atoms with E-state index in [1.807, 2.05) is 38.1 Å². The van der Waals surface area contributed by atoms with Gasteiger partial charge in [0.1, 0.15) is 5.82 Å². The monoisotopic (exact) mass is 269 g/mol. The van der Waals surface area contributed by atoms with E-state index in [-0.39, 0.29) is 5.91 Å². The maximum atomic E-state index is 12.4. The van der Waals surface area contributed by atoms with Gasteiger partial charge in [0.05, 0.1) is 18.3 Å². The fourth-order valence-corrected chi connectivity index (χ4v) is 2.09. The number of amides is 1. The summed E-state index contributed by atoms with van der Waals surface area (Å²) >= 11 is 0. The summed E-state index contributed by atoms with van der Waals surface area (Å²) in [4.78, 5) is 18.3. The summed E-state index contributed by atoms with van der Waals surface area (Å²) in [6, 6.07) is 11.5. The second kappa shape index (κ2) is 6.19. The van der Waals surface area contributed by atoms with Crippen LogP contribution < -0.4 is 10.6 Å². The molecule has 1 aromatic carbocycles. The minimum absolute atomic E-state index is 0.0408. The molecule has 0 aliphatic carbocycles. The lowest BCUT2D eigenvalue weighted by molar-refractivity contribution is -0.118. The Bertz CT molecular complexity index is 593. The van der Waals surface area contributed by atoms with Crippen molar-refractivity contribution in [3.8, 4) is 0 Å². The first-order valence-corrected chi connectivity index (χ1v) is 6.68. The Hall–Kier alpha value is -2.36. The van der Waals surface area contributed by atoms with Gasteiger partial charge < -0.3 is 5.73 Å². The molecule has 0 radical (unpaired) electrons. The van der Waals surface area contributed by atoms with Gasteiger partial charge in [0.15, 0.2) is 0 Å². The Morgan fingerprint density at radius 3 is 2.60 bits per heavy atom. The number of nitrogen functional groups attached to an aromatic ring is 1. The molecule has 0 saturated carbocycles. The molecule has 20 heavy (non-hydrogen) atoms. The van der Waals surface area contributed by atoms with Crippen LogP contribution in [0.4, 0.5) is 11.5 Å². The van der Waals surface area contributed by atoms with Gasteiger partial charge in [0, 0.05) is 6.54 Å². The number of rotatable bonds is 4. The van der Waals surface area contributed by atoms with Crippen molar-refractivity contribution in [1.82, 2.24) is 4.98 Å². The van der Waals surface area contributed by atoms with E-state index < -0.39 is 0 Å². The van der Waals surface area contributed by atoms with Gasteiger partial charge in [-0.1, -0.05) is 24.3 Å². The highest BCUT2D eigenvalue weighted by molar-refractivity contribution is 5.94. The van der Waals surface area contributed by atoms with Crippen LogP contribution in [-0.4, -0.2) is 17.4 Å². The van der Waals surface area contributed by atoms with Gasteiger partial charge in [-0.3, -0.25) is 9.69 Å². The third kappa shape index (κ3) is 3.15. The largest absolute Gasteiger partial charge is 0.397 e. The van der Waals surface area contributed by atoms with Crippen LogP contribution in [0.1, 0.15) is 18.1 Å². The van der Waals surface area contributed by atoms with Crippen LogP contribution in [0.3, 0.4) is 0 Å². The Balaban J connectivity index is 2.18. The van der Waals surface area contributed by atoms with Crippen molar-refractivity contribution in [3.63, 3.8) is 0 Å². The number of pyridine rings is 1. The first-order chi connectivity index (χ1) is 9.61. The summed E-state index contributed by atoms with van der Waals surface area (Å²) in [6.45, 7) is 4.54. The third-order valence-corrected chi connectivity index (χ3v) is 3.27. The molecule has 2 aromatic rings. The predicted octanol–water partition coefficient (Wildman–Crippen LogP) is 2.57. The van der Waals surface area contributed by atoms with Crippen molar-refractivity contribution in [2.45, 2.75) is 20.3 Å². The van der Waals surface area contributed by atoms with E-state index in [1.165, 1.54) is 0 Å². The summed E-state index contributed by atoms with van der Waals surface area (Å²) in [5.41, 5.74) is 8.39. The number of hydrogen-bond donors (Lipinski definition) is 1. The second-order valence-electron chi connectivity index (χ2n) is 4.69. The van der Waals surface area contributed by atoms with Gasteiger partial charge in [-0.25, -0.2) is 4.98 Å². The minimum Gasteiger partial charge on any atom is -0.397 e. The van der Waals surface area contributed by atoms with Gasteiger partial charge in [0.25, 0.3) is 0 Å². The zero-order valence-corrected chi connectivity index (χ0v) is 11.8. The number of anilines is 2. The Kier molecular flexibility index (Phi) is 4.35. The Morgan fingerprint density at radius 2 is 2.00 bits per heavy atom. The van der Waals surface area contributed by atoms with Crippen molar-refractivity contribution in [3.05, 3.63) is 53.7 Å². The molecule has 0 aliphatic rings. The molecule has 1 amide bonds. The summed E-state index contributed by atoms with van der Waals surface area (Å²) in [6.07, 6.45) is 1.95. The lowest BCUT2D eigenvalue weighted by Crippen LogP contribution is -2.32. The van der Waals surface area contributed by atoms with Crippen LogP contribution in [0, 0.1) is 6.92 Å². The molecule has 0 aliphatic heterocycles. The highest BCUT2D eigenvalue weighted by atomic mass is 16.2. The summed E-state index contributed by atoms with van der Waals surface area (Å²) in [7, 11) is 0. The first kappa shape index (κ1) is 14.1. The van der Waals surface area contributed by atoms with Crippen molar-refractivity contribution in [2.75, 3.05) is 17.2 Å². The van der Waals surface area contributed by atoms with Crippen LogP contribution in [0.5, 0.6) is 0 Å². The molecule has 4 heteroatoms. The zero-order valence-electron chi connectivity index (χ0n) is 11.8. The maximum absolute atomic E-state index is 12.4. The van der Waals surface area contributed by atoms with Gasteiger partial charge in [-0.2, -0.15) is 0 Å². The lowest BCUT2D eigenvalue weighted by atomic mass is 10.1. The molecule has 2 rings (SSSR count). The third-order valence-electron chi connectivity index (χ3n) is 3.27. The van der Waals surface area contributed by atoms with Gasteiger partial charge in [-0.05, 0) is 37.1 Å². The van der Waals surface area contributed by atoms with Crippen molar-refractivity contribution in [1.29, 1.82) is 0 Å². The summed E-state index contributed by atoms with van der Waals surface area (Å²) in [5, 5.41) is 0. The number of aromatic nitrogens is 1. The molecule has 1 aromatic heterocycles. The van der Waals surface area contributed by atoms with E-state index in [9.17, 15) is 4.79 Å². The van der Waals surface area contributed by atoms with E-state index in [2.05, 4.69) is 4.98 Å². The Labute approximate surface area is 119 Å². The van der Waals surface area contributed by atoms with Crippen molar-refractivity contribution >= 4 is 17.4 Å². The molecule has 0 spiro atoms. The van der Waals surface area contributed by atoms with Crippen molar-refractivity contribution < 1.29 is 4.79 Å². The standard InChI is InChI=1S/C16H19N3O/c1-3-19(15-9-8-14(17)11-18-15)16(20)10-13-7-5-4-6-12(13)2/h4-9,11H,3,10,17H2,1-2H3. The highest BCUT2D eigenvalue weighted by Crippen LogP contribution is 2.15. The molecule has 0 fully saturated rings. The highest BCUT2D eigenvalue weighted by Gasteiger charge is 2.16. The molecule has 104 valence electrons. The number of carbonyl (C=O) groups is 1. The van der Waals surface area contributed by atoms with Gasteiger partial charge in [-0.15, -0.1) is 0 Å². The summed E-state index contributed by atoms with van der Waals surface area (Å²) in [5.74, 6) is 0.680. The smallest absolute Gasteiger partial charge is 0.232 e. The molecule has 4 nitrogen and oxygen atoms in total. The Morgan fingerprint density at radius 1 is 1.25 bits per heavy atom. The number of likely N-dealkylation sites (N-methyl/N-ethyl adjacent to an activating group) is 1. The molecule has 0 atom stereocenters. The topological polar surface area (TPSA) is 59.2 Å². The molecular weight excluding hydrogens is 250 g/mol. The lowest BCUT2D eigenvalue weighted by Gasteiger charge is -2.20. The average Bonchev–Trinajstić information content (AvgIpc) is 2.44. The normalized spacial score (nSPS) is 10.3. The first-order valence-electron chi connectivity index (χ1n) is 6.68. The number of nitrogens with zero attached hydrogens (tertiary/aromatic N) is 2. The van der Waals surface area contributed by atoms with Crippen molar-refractivity contribution in [2.24, 2.45) is 0 Å². The number of nitrogens with two attached hydrogens (primary N) is 1. The van der Waals surface area contributed by atoms with Crippen LogP contribution >= 0.6 is 0 Å². The number of benzene rings is 1. The minimum atomic E-state index is 0.0408. The van der Waals surface area contributed by atoms with Crippen LogP contribution in [0.15, 0.2) is 42.6 Å². The second-order valence-corrected chi connectivity index (χ2v) is 4.69. The molecule has 0 unspecified atom stereocenters. The van der Waals surface area contributed by atoms with Crippen LogP contribution in [0.2, 0.25) is 0 Å². The van der Waals surface area contributed by atoms with E-state index in [0.717, 1.165) is 11.1 Å². The van der Waals surface area contributed by atoms with E-state index in [1.54, 1.807) is 23.2 Å². The van der Waals surface area contributed by atoms with Gasteiger partial charge in [0.2, 0.25) is 5.91 Å². The molecule has 1 heterocycles. The zero-order chi connectivity index (χ0) is 14.5. The molecule has 0 saturated heterocycles. The predicted molar refractivity (Wildman–Crippen MR) is 81.6 cm³/mol. The van der Waals surface area contributed by atoms with E-state index >= 15 is 0 Å². The SMILES string of the molecule is CCN(C(=O)Cc1ccccc1C)c1ccc(N)cn1. The fraction of sp³-hybridized carbons (Fsp3) is 0.250. The molecule has 2 N–H and O–H groups in total. The van der Waals surface area contributed by atoms with Crippen LogP contribution in [-0.2, 0) is 11.2 Å². The fourth-order valence-electron chi connectivity index (χ4n) is 2.09. The quantitative estimate of drug-likeness (QED) is 0.928. The van der Waals surface area contributed by atoms with E-state index in [4.69, 9.17) is 5.73 Å².